The number of carbonyl (C=O) groups excluding carboxylic acids is 1. The first kappa shape index (κ1) is 27.8. The van der Waals surface area contributed by atoms with E-state index in [9.17, 15) is 13.2 Å². The molecule has 1 aliphatic carbocycles. The number of piperidine rings is 1. The standard InChI is InChI=1S/C29H38ClN3O3S/c1-20(27-10-5-6-17-33(27)37(35,36)24-14-12-23(30)13-15-24)28(34)32-26-9-7-8-22-18-21(11-16-25(22)26)19-31-29(2,3)4/h11-16,18,26-27,31H,1,5-10,17,19H2,2-4H3,(H,32,34)/t26-,27+/m1/s1. The van der Waals surface area contributed by atoms with Gasteiger partial charge in [0.2, 0.25) is 15.9 Å². The van der Waals surface area contributed by atoms with Crippen LogP contribution in [-0.4, -0.2) is 36.8 Å². The number of carbonyl (C=O) groups is 1. The molecule has 4 rings (SSSR count). The van der Waals surface area contributed by atoms with Crippen molar-refractivity contribution >= 4 is 27.5 Å². The number of hydrogen-bond acceptors (Lipinski definition) is 4. The van der Waals surface area contributed by atoms with Gasteiger partial charge in [-0.25, -0.2) is 8.42 Å². The largest absolute Gasteiger partial charge is 0.345 e. The highest BCUT2D eigenvalue weighted by molar-refractivity contribution is 7.89. The highest BCUT2D eigenvalue weighted by atomic mass is 35.5. The van der Waals surface area contributed by atoms with Crippen LogP contribution in [0.4, 0.5) is 0 Å². The van der Waals surface area contributed by atoms with Crippen LogP contribution in [0.25, 0.3) is 0 Å². The molecule has 0 aromatic heterocycles. The van der Waals surface area contributed by atoms with E-state index in [1.54, 1.807) is 12.1 Å². The molecule has 2 atom stereocenters. The Balaban J connectivity index is 1.48. The third kappa shape index (κ3) is 6.63. The van der Waals surface area contributed by atoms with Crippen molar-refractivity contribution in [1.29, 1.82) is 0 Å². The SMILES string of the molecule is C=C(C(=O)N[C@@H]1CCCc2cc(CNC(C)(C)C)ccc21)[C@@H]1CCCCN1S(=O)(=O)c1ccc(Cl)cc1. The Labute approximate surface area is 226 Å². The van der Waals surface area contributed by atoms with Gasteiger partial charge in [0.25, 0.3) is 0 Å². The second-order valence-electron chi connectivity index (χ2n) is 11.2. The predicted molar refractivity (Wildman–Crippen MR) is 149 cm³/mol. The second kappa shape index (κ2) is 11.3. The predicted octanol–water partition coefficient (Wildman–Crippen LogP) is 5.52. The fourth-order valence-electron chi connectivity index (χ4n) is 5.18. The minimum absolute atomic E-state index is 0.0425. The molecule has 0 radical (unpaired) electrons. The van der Waals surface area contributed by atoms with Crippen LogP contribution in [-0.2, 0) is 27.8 Å². The molecule has 6 nitrogen and oxygen atoms in total. The first-order valence-corrected chi connectivity index (χ1v) is 14.9. The normalized spacial score (nSPS) is 20.8. The first-order valence-electron chi connectivity index (χ1n) is 13.1. The number of rotatable bonds is 7. The molecule has 1 heterocycles. The Morgan fingerprint density at radius 1 is 1.08 bits per heavy atom. The van der Waals surface area contributed by atoms with E-state index in [2.05, 4.69) is 56.2 Å². The van der Waals surface area contributed by atoms with E-state index in [1.807, 2.05) is 0 Å². The molecular formula is C29H38ClN3O3S. The van der Waals surface area contributed by atoms with Gasteiger partial charge in [-0.3, -0.25) is 4.79 Å². The lowest BCUT2D eigenvalue weighted by molar-refractivity contribution is -0.118. The van der Waals surface area contributed by atoms with Crippen LogP contribution in [0.3, 0.4) is 0 Å². The molecule has 200 valence electrons. The number of aryl methyl sites for hydroxylation is 1. The van der Waals surface area contributed by atoms with Crippen molar-refractivity contribution in [3.63, 3.8) is 0 Å². The van der Waals surface area contributed by atoms with Gasteiger partial charge in [-0.1, -0.05) is 42.8 Å². The van der Waals surface area contributed by atoms with E-state index >= 15 is 0 Å². The molecule has 37 heavy (non-hydrogen) atoms. The number of benzene rings is 2. The number of halogens is 1. The lowest BCUT2D eigenvalue weighted by Crippen LogP contribution is -2.47. The maximum atomic E-state index is 13.4. The van der Waals surface area contributed by atoms with E-state index in [0.29, 0.717) is 23.6 Å². The topological polar surface area (TPSA) is 78.5 Å². The van der Waals surface area contributed by atoms with Crippen LogP contribution >= 0.6 is 11.6 Å². The summed E-state index contributed by atoms with van der Waals surface area (Å²) < 4.78 is 28.3. The minimum atomic E-state index is -3.78. The summed E-state index contributed by atoms with van der Waals surface area (Å²) in [5, 5.41) is 7.18. The van der Waals surface area contributed by atoms with Gasteiger partial charge in [-0.05, 0) is 93.8 Å². The molecule has 1 aliphatic heterocycles. The van der Waals surface area contributed by atoms with Gasteiger partial charge in [-0.2, -0.15) is 4.31 Å². The maximum absolute atomic E-state index is 13.4. The van der Waals surface area contributed by atoms with Crippen LogP contribution < -0.4 is 10.6 Å². The Morgan fingerprint density at radius 2 is 1.81 bits per heavy atom. The third-order valence-corrected chi connectivity index (χ3v) is 9.39. The van der Waals surface area contributed by atoms with Crippen molar-refractivity contribution in [2.75, 3.05) is 6.54 Å². The molecule has 2 aliphatic rings. The monoisotopic (exact) mass is 543 g/mol. The fourth-order valence-corrected chi connectivity index (χ4v) is 6.99. The summed E-state index contributed by atoms with van der Waals surface area (Å²) >= 11 is 5.96. The Kier molecular flexibility index (Phi) is 8.48. The third-order valence-electron chi connectivity index (χ3n) is 7.22. The van der Waals surface area contributed by atoms with Crippen LogP contribution in [0.15, 0.2) is 59.5 Å². The number of amides is 1. The Bertz CT molecular complexity index is 1250. The van der Waals surface area contributed by atoms with Gasteiger partial charge in [0, 0.05) is 29.2 Å². The van der Waals surface area contributed by atoms with Gasteiger partial charge in [0.05, 0.1) is 17.0 Å². The summed E-state index contributed by atoms with van der Waals surface area (Å²) in [6.45, 7) is 11.7. The van der Waals surface area contributed by atoms with E-state index in [-0.39, 0.29) is 22.4 Å². The summed E-state index contributed by atoms with van der Waals surface area (Å²) in [6, 6.07) is 12.0. The molecule has 2 N–H and O–H groups in total. The molecule has 0 bridgehead atoms. The lowest BCUT2D eigenvalue weighted by atomic mass is 9.86. The number of sulfonamides is 1. The molecule has 2 aromatic carbocycles. The van der Waals surface area contributed by atoms with Crippen molar-refractivity contribution in [3.8, 4) is 0 Å². The van der Waals surface area contributed by atoms with Gasteiger partial charge in [0.15, 0.2) is 0 Å². The molecule has 1 amide bonds. The molecule has 0 saturated carbocycles. The number of nitrogens with one attached hydrogen (secondary N) is 2. The van der Waals surface area contributed by atoms with Crippen LogP contribution in [0.2, 0.25) is 5.02 Å². The molecule has 8 heteroatoms. The van der Waals surface area contributed by atoms with Crippen LogP contribution in [0.1, 0.15) is 75.6 Å². The quantitative estimate of drug-likeness (QED) is 0.451. The van der Waals surface area contributed by atoms with Gasteiger partial charge in [0.1, 0.15) is 0 Å². The Hall–Kier alpha value is -2.19. The second-order valence-corrected chi connectivity index (χ2v) is 13.5. The average molecular weight is 544 g/mol. The van der Waals surface area contributed by atoms with E-state index < -0.39 is 16.1 Å². The smallest absolute Gasteiger partial charge is 0.248 e. The van der Waals surface area contributed by atoms with E-state index in [1.165, 1.54) is 27.6 Å². The molecule has 2 aromatic rings. The van der Waals surface area contributed by atoms with Crippen LogP contribution in [0.5, 0.6) is 0 Å². The lowest BCUT2D eigenvalue weighted by Gasteiger charge is -2.36. The maximum Gasteiger partial charge on any atom is 0.248 e. The summed E-state index contributed by atoms with van der Waals surface area (Å²) in [7, 11) is -3.78. The average Bonchev–Trinajstić information content (AvgIpc) is 2.87. The Morgan fingerprint density at radius 3 is 2.51 bits per heavy atom. The summed E-state index contributed by atoms with van der Waals surface area (Å²) in [4.78, 5) is 13.6. The number of hydrogen-bond donors (Lipinski definition) is 2. The number of nitrogens with zero attached hydrogens (tertiary/aromatic N) is 1. The highest BCUT2D eigenvalue weighted by Crippen LogP contribution is 2.33. The summed E-state index contributed by atoms with van der Waals surface area (Å²) in [5.74, 6) is -0.278. The highest BCUT2D eigenvalue weighted by Gasteiger charge is 2.37. The molecule has 1 saturated heterocycles. The van der Waals surface area contributed by atoms with E-state index in [0.717, 1.165) is 44.2 Å². The van der Waals surface area contributed by atoms with E-state index in [4.69, 9.17) is 11.6 Å². The van der Waals surface area contributed by atoms with Crippen LogP contribution in [0, 0.1) is 0 Å². The van der Waals surface area contributed by atoms with Crippen molar-refractivity contribution < 1.29 is 13.2 Å². The van der Waals surface area contributed by atoms with Gasteiger partial charge in [-0.15, -0.1) is 0 Å². The van der Waals surface area contributed by atoms with Crippen molar-refractivity contribution in [1.82, 2.24) is 14.9 Å². The number of fused-ring (bicyclic) bond motifs is 1. The first-order chi connectivity index (χ1) is 17.5. The van der Waals surface area contributed by atoms with Crippen molar-refractivity contribution in [3.05, 3.63) is 76.3 Å². The van der Waals surface area contributed by atoms with Gasteiger partial charge < -0.3 is 10.6 Å². The molecule has 1 fully saturated rings. The summed E-state index contributed by atoms with van der Waals surface area (Å²) in [6.07, 6.45) is 5.00. The molecule has 0 unspecified atom stereocenters. The zero-order valence-corrected chi connectivity index (χ0v) is 23.6. The van der Waals surface area contributed by atoms with Gasteiger partial charge >= 0.3 is 0 Å². The zero-order valence-electron chi connectivity index (χ0n) is 22.0. The fraction of sp³-hybridized carbons (Fsp3) is 0.483. The summed E-state index contributed by atoms with van der Waals surface area (Å²) in [5.41, 5.74) is 3.98. The van der Waals surface area contributed by atoms with Crippen molar-refractivity contribution in [2.45, 2.75) is 88.4 Å². The van der Waals surface area contributed by atoms with Crippen molar-refractivity contribution in [2.24, 2.45) is 0 Å². The minimum Gasteiger partial charge on any atom is -0.345 e. The zero-order chi connectivity index (χ0) is 26.8. The molecule has 0 spiro atoms. The molecular weight excluding hydrogens is 506 g/mol.